The van der Waals surface area contributed by atoms with Crippen molar-refractivity contribution in [2.45, 2.75) is 13.3 Å². The molecule has 0 unspecified atom stereocenters. The maximum absolute atomic E-state index is 5.80. The summed E-state index contributed by atoms with van der Waals surface area (Å²) in [6.45, 7) is 4.62. The van der Waals surface area contributed by atoms with Crippen molar-refractivity contribution in [1.29, 1.82) is 0 Å². The lowest BCUT2D eigenvalue weighted by Gasteiger charge is -2.09. The molecule has 0 saturated carbocycles. The maximum atomic E-state index is 5.80. The van der Waals surface area contributed by atoms with Crippen LogP contribution >= 0.6 is 11.6 Å². The Hall–Kier alpha value is -0.870. The predicted molar refractivity (Wildman–Crippen MR) is 58.3 cm³/mol. The second kappa shape index (κ2) is 4.77. The Balaban J connectivity index is 1.92. The van der Waals surface area contributed by atoms with Crippen LogP contribution in [-0.2, 0) is 0 Å². The van der Waals surface area contributed by atoms with Gasteiger partial charge in [0.15, 0.2) is 0 Å². The number of nitrogens with one attached hydrogen (secondary N) is 1. The summed E-state index contributed by atoms with van der Waals surface area (Å²) in [4.78, 5) is 8.16. The Kier molecular flexibility index (Phi) is 3.38. The van der Waals surface area contributed by atoms with Gasteiger partial charge in [0.05, 0.1) is 6.61 Å². The third-order valence-electron chi connectivity index (χ3n) is 2.41. The molecule has 15 heavy (non-hydrogen) atoms. The average molecular weight is 228 g/mol. The van der Waals surface area contributed by atoms with Gasteiger partial charge in [-0.2, -0.15) is 4.98 Å². The molecule has 1 N–H and O–H groups in total. The van der Waals surface area contributed by atoms with E-state index < -0.39 is 0 Å². The zero-order valence-electron chi connectivity index (χ0n) is 8.66. The van der Waals surface area contributed by atoms with Crippen molar-refractivity contribution >= 4 is 11.6 Å². The van der Waals surface area contributed by atoms with E-state index in [-0.39, 0.29) is 0 Å². The van der Waals surface area contributed by atoms with Crippen molar-refractivity contribution in [3.05, 3.63) is 16.9 Å². The molecule has 0 bridgehead atoms. The topological polar surface area (TPSA) is 47.0 Å². The second-order valence-corrected chi connectivity index (χ2v) is 4.17. The summed E-state index contributed by atoms with van der Waals surface area (Å²) in [7, 11) is 0. The van der Waals surface area contributed by atoms with Gasteiger partial charge in [-0.05, 0) is 26.0 Å². The highest BCUT2D eigenvalue weighted by molar-refractivity contribution is 6.29. The summed E-state index contributed by atoms with van der Waals surface area (Å²) >= 11 is 5.80. The highest BCUT2D eigenvalue weighted by atomic mass is 35.5. The second-order valence-electron chi connectivity index (χ2n) is 3.78. The first-order valence-electron chi connectivity index (χ1n) is 5.09. The largest absolute Gasteiger partial charge is 0.463 e. The summed E-state index contributed by atoms with van der Waals surface area (Å²) in [5, 5.41) is 3.72. The monoisotopic (exact) mass is 227 g/mol. The normalized spacial score (nSPS) is 20.5. The Morgan fingerprint density at radius 2 is 2.47 bits per heavy atom. The predicted octanol–water partition coefficient (Wildman–Crippen LogP) is 1.43. The van der Waals surface area contributed by atoms with Crippen LogP contribution in [0.2, 0.25) is 5.15 Å². The van der Waals surface area contributed by atoms with E-state index in [1.807, 2.05) is 6.92 Å². The molecule has 1 aromatic heterocycles. The molecule has 0 amide bonds. The molecule has 1 aliphatic heterocycles. The van der Waals surface area contributed by atoms with Crippen molar-refractivity contribution < 1.29 is 4.74 Å². The molecule has 4 nitrogen and oxygen atoms in total. The molecule has 2 heterocycles. The molecule has 82 valence electrons. The van der Waals surface area contributed by atoms with Gasteiger partial charge in [-0.1, -0.05) is 11.6 Å². The average Bonchev–Trinajstić information content (AvgIpc) is 2.65. The van der Waals surface area contributed by atoms with Crippen LogP contribution in [0.1, 0.15) is 12.1 Å². The summed E-state index contributed by atoms with van der Waals surface area (Å²) in [6.07, 6.45) is 1.15. The van der Waals surface area contributed by atoms with Gasteiger partial charge in [0.2, 0.25) is 0 Å². The fourth-order valence-electron chi connectivity index (χ4n) is 1.62. The first kappa shape index (κ1) is 10.6. The molecule has 1 saturated heterocycles. The fraction of sp³-hybridized carbons (Fsp3) is 0.600. The Morgan fingerprint density at radius 1 is 1.60 bits per heavy atom. The molecule has 0 spiro atoms. The summed E-state index contributed by atoms with van der Waals surface area (Å²) in [5.41, 5.74) is 0.828. The molecule has 0 aliphatic carbocycles. The van der Waals surface area contributed by atoms with Crippen molar-refractivity contribution in [2.75, 3.05) is 19.7 Å². The van der Waals surface area contributed by atoms with Crippen LogP contribution in [0.5, 0.6) is 6.01 Å². The fourth-order valence-corrected chi connectivity index (χ4v) is 1.85. The van der Waals surface area contributed by atoms with E-state index in [0.29, 0.717) is 23.7 Å². The maximum Gasteiger partial charge on any atom is 0.318 e. The number of hydrogen-bond acceptors (Lipinski definition) is 4. The first-order chi connectivity index (χ1) is 7.24. The van der Waals surface area contributed by atoms with Crippen LogP contribution in [-0.4, -0.2) is 29.7 Å². The number of aromatic nitrogens is 2. The van der Waals surface area contributed by atoms with Crippen LogP contribution in [0, 0.1) is 12.8 Å². The first-order valence-corrected chi connectivity index (χ1v) is 5.46. The van der Waals surface area contributed by atoms with E-state index in [1.54, 1.807) is 6.07 Å². The van der Waals surface area contributed by atoms with Crippen molar-refractivity contribution in [3.8, 4) is 6.01 Å². The smallest absolute Gasteiger partial charge is 0.318 e. The van der Waals surface area contributed by atoms with E-state index >= 15 is 0 Å². The molecular weight excluding hydrogens is 214 g/mol. The van der Waals surface area contributed by atoms with Crippen molar-refractivity contribution in [1.82, 2.24) is 15.3 Å². The van der Waals surface area contributed by atoms with Crippen LogP contribution in [0.15, 0.2) is 6.07 Å². The summed E-state index contributed by atoms with van der Waals surface area (Å²) in [6, 6.07) is 2.10. The number of nitrogens with zero attached hydrogens (tertiary/aromatic N) is 2. The van der Waals surface area contributed by atoms with Crippen molar-refractivity contribution in [3.63, 3.8) is 0 Å². The Labute approximate surface area is 94.0 Å². The highest BCUT2D eigenvalue weighted by Crippen LogP contribution is 2.13. The number of hydrogen-bond donors (Lipinski definition) is 1. The van der Waals surface area contributed by atoms with Crippen LogP contribution in [0.3, 0.4) is 0 Å². The van der Waals surface area contributed by atoms with Gasteiger partial charge in [0, 0.05) is 18.2 Å². The van der Waals surface area contributed by atoms with Gasteiger partial charge >= 0.3 is 6.01 Å². The van der Waals surface area contributed by atoms with Gasteiger partial charge < -0.3 is 10.1 Å². The lowest BCUT2D eigenvalue weighted by molar-refractivity contribution is 0.241. The highest BCUT2D eigenvalue weighted by Gasteiger charge is 2.15. The van der Waals surface area contributed by atoms with Crippen LogP contribution < -0.4 is 10.1 Å². The number of ether oxygens (including phenoxy) is 1. The van der Waals surface area contributed by atoms with E-state index in [1.165, 1.54) is 0 Å². The van der Waals surface area contributed by atoms with Crippen molar-refractivity contribution in [2.24, 2.45) is 5.92 Å². The standard InChI is InChI=1S/C10H14ClN3O/c1-7-4-9(11)14-10(13-7)15-6-8-2-3-12-5-8/h4,8,12H,2-3,5-6H2,1H3/t8-/m1/s1. The lowest BCUT2D eigenvalue weighted by atomic mass is 10.1. The van der Waals surface area contributed by atoms with Crippen LogP contribution in [0.4, 0.5) is 0 Å². The minimum Gasteiger partial charge on any atom is -0.463 e. The number of rotatable bonds is 3. The zero-order chi connectivity index (χ0) is 10.7. The van der Waals surface area contributed by atoms with E-state index in [4.69, 9.17) is 16.3 Å². The molecule has 0 radical (unpaired) electrons. The number of halogens is 1. The Morgan fingerprint density at radius 3 is 3.13 bits per heavy atom. The van der Waals surface area contributed by atoms with E-state index in [9.17, 15) is 0 Å². The molecule has 1 aromatic rings. The quantitative estimate of drug-likeness (QED) is 0.794. The minimum absolute atomic E-state index is 0.381. The molecular formula is C10H14ClN3O. The van der Waals surface area contributed by atoms with E-state index in [2.05, 4.69) is 15.3 Å². The zero-order valence-corrected chi connectivity index (χ0v) is 9.42. The van der Waals surface area contributed by atoms with E-state index in [0.717, 1.165) is 25.2 Å². The van der Waals surface area contributed by atoms with Gasteiger partial charge in [-0.3, -0.25) is 0 Å². The van der Waals surface area contributed by atoms with Gasteiger partial charge in [-0.25, -0.2) is 4.98 Å². The lowest BCUT2D eigenvalue weighted by Crippen LogP contribution is -2.16. The van der Waals surface area contributed by atoms with Gasteiger partial charge in [0.25, 0.3) is 0 Å². The number of aryl methyl sites for hydroxylation is 1. The SMILES string of the molecule is Cc1cc(Cl)nc(OC[C@@H]2CCNC2)n1. The third kappa shape index (κ3) is 3.04. The molecule has 2 rings (SSSR count). The molecule has 1 fully saturated rings. The molecule has 5 heteroatoms. The molecule has 0 aromatic carbocycles. The van der Waals surface area contributed by atoms with Gasteiger partial charge in [0.1, 0.15) is 5.15 Å². The minimum atomic E-state index is 0.381. The third-order valence-corrected chi connectivity index (χ3v) is 2.61. The molecule has 1 atom stereocenters. The molecule has 1 aliphatic rings. The van der Waals surface area contributed by atoms with Crippen LogP contribution in [0.25, 0.3) is 0 Å². The Bertz CT molecular complexity index is 319. The van der Waals surface area contributed by atoms with Gasteiger partial charge in [-0.15, -0.1) is 0 Å². The summed E-state index contributed by atoms with van der Waals surface area (Å²) in [5.74, 6) is 0.563. The summed E-state index contributed by atoms with van der Waals surface area (Å²) < 4.78 is 5.50.